The quantitative estimate of drug-likeness (QED) is 0.439. The van der Waals surface area contributed by atoms with E-state index < -0.39 is 0 Å². The molecule has 0 unspecified atom stereocenters. The van der Waals surface area contributed by atoms with Gasteiger partial charge < -0.3 is 14.8 Å². The van der Waals surface area contributed by atoms with E-state index in [0.29, 0.717) is 23.0 Å². The number of methoxy groups -OCH3 is 1. The summed E-state index contributed by atoms with van der Waals surface area (Å²) in [5, 5.41) is 9.19. The highest BCUT2D eigenvalue weighted by Crippen LogP contribution is 2.27. The first-order chi connectivity index (χ1) is 16.6. The highest BCUT2D eigenvalue weighted by Gasteiger charge is 2.13. The lowest BCUT2D eigenvalue weighted by Crippen LogP contribution is -2.25. The van der Waals surface area contributed by atoms with Gasteiger partial charge in [-0.3, -0.25) is 14.8 Å². The molecule has 1 aliphatic rings. The molecule has 1 aliphatic heterocycles. The average molecular weight is 476 g/mol. The molecule has 0 atom stereocenters. The Morgan fingerprint density at radius 2 is 2.03 bits per heavy atom. The lowest BCUT2D eigenvalue weighted by Gasteiger charge is -2.12. The van der Waals surface area contributed by atoms with Crippen molar-refractivity contribution in [3.05, 3.63) is 81.7 Å². The zero-order chi connectivity index (χ0) is 23.5. The molecular formula is C25H22ClN5O3. The Balaban J connectivity index is 1.33. The average Bonchev–Trinajstić information content (AvgIpc) is 3.39. The molecule has 3 heterocycles. The summed E-state index contributed by atoms with van der Waals surface area (Å²) in [6, 6.07) is 16.3. The van der Waals surface area contributed by atoms with Crippen molar-refractivity contribution < 1.29 is 9.47 Å². The number of fused-ring (bicyclic) bond motifs is 1. The minimum atomic E-state index is -0.205. The fourth-order valence-corrected chi connectivity index (χ4v) is 4.07. The number of benzene rings is 2. The Bertz CT molecular complexity index is 1450. The number of nitrogens with zero attached hydrogens (tertiary/aromatic N) is 4. The van der Waals surface area contributed by atoms with Crippen LogP contribution in [0.2, 0.25) is 5.02 Å². The van der Waals surface area contributed by atoms with E-state index in [1.165, 1.54) is 10.7 Å². The van der Waals surface area contributed by atoms with Crippen molar-refractivity contribution in [2.75, 3.05) is 26.8 Å². The molecule has 1 N–H and O–H groups in total. The highest BCUT2D eigenvalue weighted by atomic mass is 35.5. The lowest BCUT2D eigenvalue weighted by atomic mass is 10.1. The molecule has 0 fully saturated rings. The van der Waals surface area contributed by atoms with Crippen LogP contribution >= 0.6 is 11.6 Å². The van der Waals surface area contributed by atoms with Gasteiger partial charge in [0.2, 0.25) is 0 Å². The zero-order valence-electron chi connectivity index (χ0n) is 18.5. The first-order valence-corrected chi connectivity index (χ1v) is 11.2. The van der Waals surface area contributed by atoms with E-state index in [1.54, 1.807) is 25.4 Å². The van der Waals surface area contributed by atoms with Crippen LogP contribution in [0.5, 0.6) is 11.5 Å². The van der Waals surface area contributed by atoms with Gasteiger partial charge in [-0.1, -0.05) is 17.7 Å². The van der Waals surface area contributed by atoms with Crippen LogP contribution < -0.4 is 20.3 Å². The van der Waals surface area contributed by atoms with Gasteiger partial charge in [0.1, 0.15) is 23.9 Å². The van der Waals surface area contributed by atoms with Gasteiger partial charge in [-0.2, -0.15) is 5.10 Å². The highest BCUT2D eigenvalue weighted by molar-refractivity contribution is 6.34. The van der Waals surface area contributed by atoms with Gasteiger partial charge in [0.05, 0.1) is 36.4 Å². The molecule has 34 heavy (non-hydrogen) atoms. The number of pyridine rings is 1. The normalized spacial score (nSPS) is 12.9. The molecule has 172 valence electrons. The van der Waals surface area contributed by atoms with Crippen LogP contribution in [0.15, 0.2) is 70.6 Å². The first-order valence-electron chi connectivity index (χ1n) is 10.8. The van der Waals surface area contributed by atoms with E-state index >= 15 is 0 Å². The summed E-state index contributed by atoms with van der Waals surface area (Å²) in [7, 11) is 1.62. The van der Waals surface area contributed by atoms with Crippen LogP contribution in [0, 0.1) is 0 Å². The second kappa shape index (κ2) is 9.52. The molecule has 0 spiro atoms. The number of ether oxygens (including phenoxy) is 2. The summed E-state index contributed by atoms with van der Waals surface area (Å²) in [5.41, 5.74) is 2.89. The Morgan fingerprint density at radius 1 is 1.12 bits per heavy atom. The number of halogens is 1. The van der Waals surface area contributed by atoms with Crippen LogP contribution in [-0.4, -0.2) is 47.4 Å². The molecule has 9 heteroatoms. The van der Waals surface area contributed by atoms with Crippen LogP contribution in [0.4, 0.5) is 0 Å². The molecule has 2 aromatic heterocycles. The van der Waals surface area contributed by atoms with E-state index in [1.807, 2.05) is 36.4 Å². The van der Waals surface area contributed by atoms with Gasteiger partial charge in [-0.15, -0.1) is 0 Å². The smallest absolute Gasteiger partial charge is 0.266 e. The number of aliphatic imine (C=N–C) groups is 1. The number of aromatic nitrogens is 3. The van der Waals surface area contributed by atoms with Crippen molar-refractivity contribution in [3.8, 4) is 22.8 Å². The second-order valence-electron chi connectivity index (χ2n) is 7.67. The van der Waals surface area contributed by atoms with E-state index in [-0.39, 0.29) is 12.2 Å². The molecule has 0 amide bonds. The van der Waals surface area contributed by atoms with Crippen LogP contribution in [-0.2, 0) is 6.54 Å². The predicted octanol–water partition coefficient (Wildman–Crippen LogP) is 3.55. The zero-order valence-corrected chi connectivity index (χ0v) is 19.2. The fourth-order valence-electron chi connectivity index (χ4n) is 3.80. The van der Waals surface area contributed by atoms with Gasteiger partial charge in [-0.25, -0.2) is 4.68 Å². The Labute approximate surface area is 200 Å². The third-order valence-corrected chi connectivity index (χ3v) is 5.84. The number of hydrogen-bond acceptors (Lipinski definition) is 7. The van der Waals surface area contributed by atoms with Crippen molar-refractivity contribution in [3.63, 3.8) is 0 Å². The number of hydrogen-bond donors (Lipinski definition) is 1. The molecule has 8 nitrogen and oxygen atoms in total. The van der Waals surface area contributed by atoms with Gasteiger partial charge >= 0.3 is 0 Å². The van der Waals surface area contributed by atoms with E-state index in [4.69, 9.17) is 21.1 Å². The summed E-state index contributed by atoms with van der Waals surface area (Å²) in [4.78, 5) is 21.2. The summed E-state index contributed by atoms with van der Waals surface area (Å²) in [6.45, 7) is 2.11. The van der Waals surface area contributed by atoms with Gasteiger partial charge in [-0.05, 0) is 36.4 Å². The third kappa shape index (κ3) is 4.45. The van der Waals surface area contributed by atoms with Gasteiger partial charge in [0.25, 0.3) is 5.56 Å². The minimum Gasteiger partial charge on any atom is -0.497 e. The molecule has 4 aromatic rings. The number of amidine groups is 1. The predicted molar refractivity (Wildman–Crippen MR) is 132 cm³/mol. The van der Waals surface area contributed by atoms with E-state index in [2.05, 4.69) is 20.4 Å². The van der Waals surface area contributed by atoms with Crippen molar-refractivity contribution in [1.82, 2.24) is 20.1 Å². The third-order valence-electron chi connectivity index (χ3n) is 5.53. The maximum Gasteiger partial charge on any atom is 0.266 e. The molecule has 0 radical (unpaired) electrons. The Morgan fingerprint density at radius 3 is 2.82 bits per heavy atom. The van der Waals surface area contributed by atoms with Crippen molar-refractivity contribution in [2.24, 2.45) is 4.99 Å². The monoisotopic (exact) mass is 475 g/mol. The molecule has 5 rings (SSSR count). The Kier molecular flexibility index (Phi) is 6.14. The van der Waals surface area contributed by atoms with E-state index in [9.17, 15) is 4.79 Å². The first kappa shape index (κ1) is 21.9. The summed E-state index contributed by atoms with van der Waals surface area (Å²) in [5.74, 6) is 2.21. The second-order valence-corrected chi connectivity index (χ2v) is 8.08. The minimum absolute atomic E-state index is 0.205. The standard InChI is InChI=1S/C25H22ClN5O3/c1-33-17-3-5-19-22(15-17)27-9-8-23(19)34-13-12-31-24(32)7-6-21(30-31)16-2-4-18(20(26)14-16)25-28-10-11-29-25/h2-9,14-15H,10-13H2,1H3,(H,28,29). The van der Waals surface area contributed by atoms with Gasteiger partial charge in [0, 0.05) is 41.4 Å². The maximum atomic E-state index is 12.4. The van der Waals surface area contributed by atoms with Crippen molar-refractivity contribution >= 4 is 28.3 Å². The van der Waals surface area contributed by atoms with Crippen LogP contribution in [0.3, 0.4) is 0 Å². The summed E-state index contributed by atoms with van der Waals surface area (Å²) < 4.78 is 12.6. The van der Waals surface area contributed by atoms with Crippen molar-refractivity contribution in [2.45, 2.75) is 6.54 Å². The lowest BCUT2D eigenvalue weighted by molar-refractivity contribution is 0.291. The summed E-state index contributed by atoms with van der Waals surface area (Å²) in [6.07, 6.45) is 1.68. The van der Waals surface area contributed by atoms with Crippen molar-refractivity contribution in [1.29, 1.82) is 0 Å². The fraction of sp³-hybridized carbons (Fsp3) is 0.200. The molecule has 0 bridgehead atoms. The SMILES string of the molecule is COc1ccc2c(OCCn3nc(-c4ccc(C5=NCCN5)c(Cl)c4)ccc3=O)ccnc2c1. The molecule has 0 saturated heterocycles. The molecular weight excluding hydrogens is 454 g/mol. The molecule has 2 aromatic carbocycles. The number of nitrogens with one attached hydrogen (secondary N) is 1. The topological polar surface area (TPSA) is 90.6 Å². The largest absolute Gasteiger partial charge is 0.497 e. The molecule has 0 saturated carbocycles. The maximum absolute atomic E-state index is 12.4. The summed E-state index contributed by atoms with van der Waals surface area (Å²) >= 11 is 6.50. The van der Waals surface area contributed by atoms with Crippen LogP contribution in [0.25, 0.3) is 22.2 Å². The van der Waals surface area contributed by atoms with Crippen LogP contribution in [0.1, 0.15) is 5.56 Å². The van der Waals surface area contributed by atoms with Gasteiger partial charge in [0.15, 0.2) is 0 Å². The molecule has 0 aliphatic carbocycles. The Hall–Kier alpha value is -3.91. The number of rotatable bonds is 7. The van der Waals surface area contributed by atoms with E-state index in [0.717, 1.165) is 46.7 Å².